The maximum absolute atomic E-state index is 9.75. The lowest BCUT2D eigenvalue weighted by Gasteiger charge is -2.31. The summed E-state index contributed by atoms with van der Waals surface area (Å²) < 4.78 is 0. The van der Waals surface area contributed by atoms with Gasteiger partial charge in [-0.25, -0.2) is 0 Å². The highest BCUT2D eigenvalue weighted by molar-refractivity contribution is 6.28. The number of nitrogens with zero attached hydrogens (tertiary/aromatic N) is 4. The third-order valence-corrected chi connectivity index (χ3v) is 11.8. The smallest absolute Gasteiger partial charge is 0.0991 e. The first-order valence-corrected chi connectivity index (χ1v) is 19.6. The summed E-state index contributed by atoms with van der Waals surface area (Å²) >= 11 is 0. The summed E-state index contributed by atoms with van der Waals surface area (Å²) in [5, 5.41) is 31.2. The van der Waals surface area contributed by atoms with Gasteiger partial charge in [0.2, 0.25) is 0 Å². The van der Waals surface area contributed by atoms with E-state index in [9.17, 15) is 10.5 Å². The lowest BCUT2D eigenvalue weighted by atomic mass is 9.91. The van der Waals surface area contributed by atoms with Gasteiger partial charge in [-0.2, -0.15) is 10.5 Å². The Morgan fingerprint density at radius 1 is 0.362 bits per heavy atom. The van der Waals surface area contributed by atoms with E-state index in [2.05, 4.69) is 183 Å². The van der Waals surface area contributed by atoms with Crippen molar-refractivity contribution < 1.29 is 0 Å². The van der Waals surface area contributed by atoms with Crippen molar-refractivity contribution in [3.8, 4) is 12.1 Å². The van der Waals surface area contributed by atoms with Crippen molar-refractivity contribution in [2.75, 3.05) is 9.80 Å². The van der Waals surface area contributed by atoms with Crippen LogP contribution in [0.15, 0.2) is 158 Å². The van der Waals surface area contributed by atoms with Crippen LogP contribution < -0.4 is 9.80 Å². The van der Waals surface area contributed by atoms with E-state index in [1.54, 1.807) is 0 Å². The van der Waals surface area contributed by atoms with E-state index in [0.29, 0.717) is 11.1 Å². The van der Waals surface area contributed by atoms with E-state index in [1.165, 1.54) is 54.2 Å². The predicted octanol–water partition coefficient (Wildman–Crippen LogP) is 14.8. The summed E-state index contributed by atoms with van der Waals surface area (Å²) in [6.45, 7) is 8.66. The van der Waals surface area contributed by atoms with E-state index in [-0.39, 0.29) is 0 Å². The Kier molecular flexibility index (Phi) is 8.11. The van der Waals surface area contributed by atoms with E-state index >= 15 is 0 Å². The first-order valence-electron chi connectivity index (χ1n) is 19.6. The van der Waals surface area contributed by atoms with Crippen molar-refractivity contribution >= 4 is 88.0 Å². The molecule has 10 rings (SSSR count). The van der Waals surface area contributed by atoms with Crippen LogP contribution in [-0.2, 0) is 0 Å². The summed E-state index contributed by atoms with van der Waals surface area (Å²) in [7, 11) is 0. The molecule has 274 valence electrons. The number of benzene rings is 10. The van der Waals surface area contributed by atoms with Crippen LogP contribution in [0, 0.1) is 50.4 Å². The molecular weight excluding hydrogens is 705 g/mol. The van der Waals surface area contributed by atoms with Crippen molar-refractivity contribution in [3.05, 3.63) is 191 Å². The molecule has 4 nitrogen and oxygen atoms in total. The zero-order valence-corrected chi connectivity index (χ0v) is 32.8. The molecule has 0 heterocycles. The lowest BCUT2D eigenvalue weighted by molar-refractivity contribution is 1.27. The highest BCUT2D eigenvalue weighted by Crippen LogP contribution is 2.50. The summed E-state index contributed by atoms with van der Waals surface area (Å²) in [5.74, 6) is 0. The molecule has 0 amide bonds. The minimum atomic E-state index is 0.625. The normalized spacial score (nSPS) is 11.4. The fourth-order valence-corrected chi connectivity index (χ4v) is 8.95. The van der Waals surface area contributed by atoms with Gasteiger partial charge in [-0.05, 0) is 144 Å². The number of hydrogen-bond acceptors (Lipinski definition) is 4. The van der Waals surface area contributed by atoms with E-state index in [0.717, 1.165) is 56.0 Å². The zero-order chi connectivity index (χ0) is 39.7. The molecule has 0 aliphatic carbocycles. The highest BCUT2D eigenvalue weighted by Gasteiger charge is 2.25. The summed E-state index contributed by atoms with van der Waals surface area (Å²) in [6, 6.07) is 60.7. The molecule has 0 spiro atoms. The van der Waals surface area contributed by atoms with Gasteiger partial charge in [0, 0.05) is 32.9 Å². The summed E-state index contributed by atoms with van der Waals surface area (Å²) in [5.41, 5.74) is 12.3. The van der Waals surface area contributed by atoms with Crippen LogP contribution in [0.3, 0.4) is 0 Å². The van der Waals surface area contributed by atoms with Crippen LogP contribution in [0.5, 0.6) is 0 Å². The Morgan fingerprint density at radius 2 is 0.724 bits per heavy atom. The van der Waals surface area contributed by atoms with E-state index in [4.69, 9.17) is 0 Å². The van der Waals surface area contributed by atoms with Crippen molar-refractivity contribution in [2.24, 2.45) is 0 Å². The quantitative estimate of drug-likeness (QED) is 0.159. The van der Waals surface area contributed by atoms with Gasteiger partial charge in [0.25, 0.3) is 0 Å². The molecule has 4 heteroatoms. The van der Waals surface area contributed by atoms with Crippen LogP contribution in [0.2, 0.25) is 0 Å². The van der Waals surface area contributed by atoms with Crippen molar-refractivity contribution in [2.45, 2.75) is 27.7 Å². The molecule has 0 aliphatic heterocycles. The fraction of sp³-hybridized carbons (Fsp3) is 0.0741. The Morgan fingerprint density at radius 3 is 1.12 bits per heavy atom. The molecule has 0 saturated carbocycles. The monoisotopic (exact) mass is 742 g/mol. The Balaban J connectivity index is 1.28. The Labute approximate surface area is 338 Å². The van der Waals surface area contributed by atoms with Crippen molar-refractivity contribution in [1.82, 2.24) is 0 Å². The highest BCUT2D eigenvalue weighted by atomic mass is 15.2. The van der Waals surface area contributed by atoms with Gasteiger partial charge in [-0.1, -0.05) is 96.1 Å². The molecule has 10 aromatic rings. The lowest BCUT2D eigenvalue weighted by Crippen LogP contribution is -2.13. The molecule has 0 aromatic heterocycles. The largest absolute Gasteiger partial charge is 0.309 e. The van der Waals surface area contributed by atoms with E-state index in [1.807, 2.05) is 24.3 Å². The van der Waals surface area contributed by atoms with Gasteiger partial charge in [-0.3, -0.25) is 0 Å². The second-order valence-corrected chi connectivity index (χ2v) is 15.5. The Bertz CT molecular complexity index is 3110. The fourth-order valence-electron chi connectivity index (χ4n) is 8.95. The van der Waals surface area contributed by atoms with E-state index < -0.39 is 0 Å². The van der Waals surface area contributed by atoms with Crippen LogP contribution in [0.1, 0.15) is 33.4 Å². The molecule has 0 N–H and O–H groups in total. The SMILES string of the molecule is Cc1ccc2ccc(C)c(N(c3ccc(C#N)cc3)c3ccc4ccc5c(N(c6ccc(C#N)cc6)c6c(C)ccc7ccc(C)cc67)ccc6ccc3c4c65)c2c1. The van der Waals surface area contributed by atoms with Crippen LogP contribution in [-0.4, -0.2) is 0 Å². The predicted molar refractivity (Wildman–Crippen MR) is 243 cm³/mol. The third kappa shape index (κ3) is 5.50. The molecule has 58 heavy (non-hydrogen) atoms. The van der Waals surface area contributed by atoms with Crippen LogP contribution in [0.25, 0.3) is 53.9 Å². The first kappa shape index (κ1) is 34.8. The molecule has 0 aliphatic rings. The van der Waals surface area contributed by atoms with Crippen LogP contribution in [0.4, 0.5) is 34.1 Å². The topological polar surface area (TPSA) is 54.1 Å². The number of anilines is 6. The number of aryl methyl sites for hydroxylation is 4. The minimum Gasteiger partial charge on any atom is -0.309 e. The first-order chi connectivity index (χ1) is 28.3. The molecule has 0 unspecified atom stereocenters. The van der Waals surface area contributed by atoms with Gasteiger partial charge in [0.1, 0.15) is 0 Å². The number of fused-ring (bicyclic) bond motifs is 2. The van der Waals surface area contributed by atoms with Gasteiger partial charge >= 0.3 is 0 Å². The molecule has 0 bridgehead atoms. The van der Waals surface area contributed by atoms with Gasteiger partial charge in [-0.15, -0.1) is 0 Å². The molecule has 0 radical (unpaired) electrons. The standard InChI is InChI=1S/C54H38N4/c1-33-5-13-39-15-7-35(3)53(47(39)29-33)57(43-21-9-37(31-55)10-22-43)49-27-19-41-18-26-46-50(28-20-42-17-25-45(49)51(41)52(42)46)58(44-23-11-38(32-56)12-24-44)54-36(4)8-16-40-14-6-34(2)30-48(40)54/h5-30H,1-4H3. The maximum Gasteiger partial charge on any atom is 0.0991 e. The summed E-state index contributed by atoms with van der Waals surface area (Å²) in [6.07, 6.45) is 0. The second kappa shape index (κ2) is 13.5. The van der Waals surface area contributed by atoms with Crippen LogP contribution >= 0.6 is 0 Å². The Hall–Kier alpha value is -7.66. The maximum atomic E-state index is 9.75. The van der Waals surface area contributed by atoms with Crippen molar-refractivity contribution in [1.29, 1.82) is 10.5 Å². The number of hydrogen-bond donors (Lipinski definition) is 0. The minimum absolute atomic E-state index is 0.625. The van der Waals surface area contributed by atoms with Gasteiger partial charge in [0.05, 0.1) is 46.0 Å². The average Bonchev–Trinajstić information content (AvgIpc) is 3.25. The number of nitriles is 2. The van der Waals surface area contributed by atoms with Gasteiger partial charge in [0.15, 0.2) is 0 Å². The molecule has 0 fully saturated rings. The van der Waals surface area contributed by atoms with Crippen molar-refractivity contribution in [3.63, 3.8) is 0 Å². The number of rotatable bonds is 6. The molecule has 0 atom stereocenters. The summed E-state index contributed by atoms with van der Waals surface area (Å²) in [4.78, 5) is 4.77. The third-order valence-electron chi connectivity index (χ3n) is 11.8. The molecule has 10 aromatic carbocycles. The van der Waals surface area contributed by atoms with Gasteiger partial charge < -0.3 is 9.80 Å². The molecular formula is C54H38N4. The average molecular weight is 743 g/mol. The molecule has 0 saturated heterocycles. The second-order valence-electron chi connectivity index (χ2n) is 15.5. The zero-order valence-electron chi connectivity index (χ0n) is 32.8.